The molecular formula is C28H24N4O3. The molecule has 0 saturated heterocycles. The van der Waals surface area contributed by atoms with E-state index in [0.29, 0.717) is 40.4 Å². The highest BCUT2D eigenvalue weighted by atomic mass is 16.5. The summed E-state index contributed by atoms with van der Waals surface area (Å²) in [7, 11) is 1.58. The molecule has 0 unspecified atom stereocenters. The van der Waals surface area contributed by atoms with E-state index >= 15 is 0 Å². The molecule has 0 fully saturated rings. The van der Waals surface area contributed by atoms with Crippen LogP contribution in [0, 0.1) is 0 Å². The molecule has 2 heterocycles. The molecule has 0 aliphatic carbocycles. The number of carbonyl (C=O) groups excluding carboxylic acids is 2. The van der Waals surface area contributed by atoms with E-state index in [4.69, 9.17) is 15.6 Å². The number of hydrogen-bond acceptors (Lipinski definition) is 5. The van der Waals surface area contributed by atoms with E-state index in [1.807, 2.05) is 60.7 Å². The third-order valence-corrected chi connectivity index (χ3v) is 6.00. The van der Waals surface area contributed by atoms with Crippen LogP contribution in [-0.2, 0) is 11.2 Å². The molecule has 1 aromatic heterocycles. The van der Waals surface area contributed by atoms with Gasteiger partial charge in [0.25, 0.3) is 5.91 Å². The number of benzene rings is 3. The van der Waals surface area contributed by atoms with Crippen molar-refractivity contribution < 1.29 is 14.3 Å². The molecule has 7 nitrogen and oxygen atoms in total. The summed E-state index contributed by atoms with van der Waals surface area (Å²) < 4.78 is 6.72. The molecule has 1 aliphatic heterocycles. The third-order valence-electron chi connectivity index (χ3n) is 6.00. The molecule has 1 aliphatic rings. The van der Waals surface area contributed by atoms with Crippen LogP contribution >= 0.6 is 0 Å². The van der Waals surface area contributed by atoms with Crippen LogP contribution in [0.3, 0.4) is 0 Å². The Morgan fingerprint density at radius 2 is 1.57 bits per heavy atom. The second-order valence-electron chi connectivity index (χ2n) is 8.13. The largest absolute Gasteiger partial charge is 0.497 e. The van der Waals surface area contributed by atoms with Crippen LogP contribution in [0.5, 0.6) is 5.75 Å². The summed E-state index contributed by atoms with van der Waals surface area (Å²) in [6.07, 6.45) is 0.308. The van der Waals surface area contributed by atoms with Gasteiger partial charge in [-0.05, 0) is 23.3 Å². The Kier molecular flexibility index (Phi) is 5.99. The lowest BCUT2D eigenvalue weighted by molar-refractivity contribution is -0.119. The maximum Gasteiger partial charge on any atom is 0.280 e. The van der Waals surface area contributed by atoms with E-state index < -0.39 is 0 Å². The van der Waals surface area contributed by atoms with Gasteiger partial charge in [0.2, 0.25) is 5.91 Å². The first-order valence-electron chi connectivity index (χ1n) is 11.3. The molecule has 0 bridgehead atoms. The predicted molar refractivity (Wildman–Crippen MR) is 135 cm³/mol. The monoisotopic (exact) mass is 464 g/mol. The van der Waals surface area contributed by atoms with Crippen molar-refractivity contribution in [2.45, 2.75) is 6.42 Å². The molecular weight excluding hydrogens is 440 g/mol. The normalized spacial score (nSPS) is 12.9. The molecule has 3 N–H and O–H groups in total. The zero-order valence-corrected chi connectivity index (χ0v) is 19.2. The highest BCUT2D eigenvalue weighted by Gasteiger charge is 2.33. The number of nitrogens with zero attached hydrogens (tertiary/aromatic N) is 2. The Labute approximate surface area is 202 Å². The number of aromatic nitrogens is 2. The van der Waals surface area contributed by atoms with Gasteiger partial charge < -0.3 is 15.8 Å². The molecule has 35 heavy (non-hydrogen) atoms. The average Bonchev–Trinajstić information content (AvgIpc) is 3.30. The van der Waals surface area contributed by atoms with E-state index in [2.05, 4.69) is 5.32 Å². The number of rotatable bonds is 6. The first-order chi connectivity index (χ1) is 17.1. The van der Waals surface area contributed by atoms with Crippen LogP contribution in [-0.4, -0.2) is 35.2 Å². The number of carbonyl (C=O) groups is 2. The van der Waals surface area contributed by atoms with Crippen molar-refractivity contribution in [2.75, 3.05) is 13.7 Å². The quantitative estimate of drug-likeness (QED) is 0.451. The van der Waals surface area contributed by atoms with Crippen molar-refractivity contribution in [3.05, 3.63) is 102 Å². The number of amides is 1. The lowest BCUT2D eigenvalue weighted by Gasteiger charge is -2.22. The summed E-state index contributed by atoms with van der Waals surface area (Å²) in [5, 5.41) is 7.66. The molecule has 4 aromatic rings. The predicted octanol–water partition coefficient (Wildman–Crippen LogP) is 3.91. The molecule has 0 atom stereocenters. The minimum atomic E-state index is -0.365. The average molecular weight is 465 g/mol. The van der Waals surface area contributed by atoms with Gasteiger partial charge in [0.15, 0.2) is 0 Å². The summed E-state index contributed by atoms with van der Waals surface area (Å²) in [5.41, 5.74) is 11.3. The van der Waals surface area contributed by atoms with Gasteiger partial charge in [-0.3, -0.25) is 9.59 Å². The second-order valence-corrected chi connectivity index (χ2v) is 8.13. The summed E-state index contributed by atoms with van der Waals surface area (Å²) in [5.74, 6) is -0.0120. The number of allylic oxidation sites excluding steroid dienone is 2. The fourth-order valence-electron chi connectivity index (χ4n) is 4.36. The molecule has 174 valence electrons. The molecule has 1 amide bonds. The van der Waals surface area contributed by atoms with Crippen LogP contribution in [0.4, 0.5) is 0 Å². The maximum absolute atomic E-state index is 13.9. The minimum Gasteiger partial charge on any atom is -0.497 e. The Hall–Kier alpha value is -4.49. The van der Waals surface area contributed by atoms with Gasteiger partial charge in [-0.15, -0.1) is 0 Å². The van der Waals surface area contributed by atoms with Gasteiger partial charge in [0.1, 0.15) is 11.4 Å². The first kappa shape index (κ1) is 22.3. The smallest absolute Gasteiger partial charge is 0.280 e. The maximum atomic E-state index is 13.9. The van der Waals surface area contributed by atoms with Gasteiger partial charge in [0, 0.05) is 23.2 Å². The van der Waals surface area contributed by atoms with Gasteiger partial charge in [-0.25, -0.2) is 0 Å². The van der Waals surface area contributed by atoms with E-state index in [9.17, 15) is 9.59 Å². The van der Waals surface area contributed by atoms with Crippen molar-refractivity contribution in [3.63, 3.8) is 0 Å². The Bertz CT molecular complexity index is 1420. The van der Waals surface area contributed by atoms with Crippen molar-refractivity contribution in [1.82, 2.24) is 15.1 Å². The fourth-order valence-corrected chi connectivity index (χ4v) is 4.36. The first-order valence-corrected chi connectivity index (χ1v) is 11.3. The lowest BCUT2D eigenvalue weighted by atomic mass is 9.92. The lowest BCUT2D eigenvalue weighted by Crippen LogP contribution is -2.35. The molecule has 0 spiro atoms. The molecule has 7 heteroatoms. The number of hydrogen-bond donors (Lipinski definition) is 2. The summed E-state index contributed by atoms with van der Waals surface area (Å²) in [4.78, 5) is 26.2. The van der Waals surface area contributed by atoms with Crippen molar-refractivity contribution in [1.29, 1.82) is 0 Å². The van der Waals surface area contributed by atoms with E-state index in [1.165, 1.54) is 4.68 Å². The third kappa shape index (κ3) is 4.13. The van der Waals surface area contributed by atoms with Crippen molar-refractivity contribution in [3.8, 4) is 28.1 Å². The number of fused-ring (bicyclic) bond motifs is 1. The van der Waals surface area contributed by atoms with Crippen LogP contribution in [0.2, 0.25) is 0 Å². The zero-order chi connectivity index (χ0) is 24.4. The summed E-state index contributed by atoms with van der Waals surface area (Å²) in [6.45, 7) is -0.187. The van der Waals surface area contributed by atoms with Crippen LogP contribution < -0.4 is 15.8 Å². The van der Waals surface area contributed by atoms with E-state index in [-0.39, 0.29) is 18.4 Å². The number of nitrogens with one attached hydrogen (secondary N) is 1. The Morgan fingerprint density at radius 1 is 0.943 bits per heavy atom. The van der Waals surface area contributed by atoms with Gasteiger partial charge in [-0.2, -0.15) is 9.78 Å². The molecule has 5 rings (SSSR count). The zero-order valence-electron chi connectivity index (χ0n) is 19.2. The van der Waals surface area contributed by atoms with Crippen LogP contribution in [0.25, 0.3) is 28.0 Å². The van der Waals surface area contributed by atoms with Crippen molar-refractivity contribution >= 4 is 17.4 Å². The second kappa shape index (κ2) is 9.40. The summed E-state index contributed by atoms with van der Waals surface area (Å²) in [6, 6.07) is 26.8. The molecule has 0 saturated carbocycles. The Balaban J connectivity index is 1.72. The SMILES string of the molecule is COc1ccc(C2=C(NC(=O)CN)Cc3c(-c4ccccc4)c(-c4ccccc4)nn3C2=O)cc1. The van der Waals surface area contributed by atoms with E-state index in [1.54, 1.807) is 31.4 Å². The highest BCUT2D eigenvalue weighted by Crippen LogP contribution is 2.39. The fraction of sp³-hybridized carbons (Fsp3) is 0.107. The highest BCUT2D eigenvalue weighted by molar-refractivity contribution is 6.23. The number of nitrogens with two attached hydrogens (primary N) is 1. The standard InChI is InChI=1S/C28H24N4O3/c1-35-21-14-12-19(13-15-21)25-22(30-24(33)17-29)16-23-26(18-8-4-2-5-9-18)27(31-32(23)28(25)34)20-10-6-3-7-11-20/h2-15H,16-17,29H2,1H3,(H,30,33). The van der Waals surface area contributed by atoms with E-state index in [0.717, 1.165) is 16.7 Å². The van der Waals surface area contributed by atoms with Crippen LogP contribution in [0.15, 0.2) is 90.6 Å². The molecule has 0 radical (unpaired) electrons. The topological polar surface area (TPSA) is 99.2 Å². The van der Waals surface area contributed by atoms with Crippen molar-refractivity contribution in [2.24, 2.45) is 5.73 Å². The van der Waals surface area contributed by atoms with Gasteiger partial charge in [0.05, 0.1) is 24.9 Å². The Morgan fingerprint density at radius 3 is 2.17 bits per heavy atom. The minimum absolute atomic E-state index is 0.187. The number of methoxy groups -OCH3 is 1. The van der Waals surface area contributed by atoms with Crippen LogP contribution in [0.1, 0.15) is 16.1 Å². The molecule has 3 aromatic carbocycles. The summed E-state index contributed by atoms with van der Waals surface area (Å²) >= 11 is 0. The van der Waals surface area contributed by atoms with Gasteiger partial charge in [-0.1, -0.05) is 72.8 Å². The van der Waals surface area contributed by atoms with Gasteiger partial charge >= 0.3 is 0 Å². The number of ether oxygens (including phenoxy) is 1.